The molecule has 1 unspecified atom stereocenters. The quantitative estimate of drug-likeness (QED) is 0.526. The smallest absolute Gasteiger partial charge is 0.171 e. The SMILES string of the molecule is CC1(C(F)(F)F)CCCC[Si]1(C)C. The highest BCUT2D eigenvalue weighted by Crippen LogP contribution is 2.58. The van der Waals surface area contributed by atoms with Gasteiger partial charge in [-0.3, -0.25) is 0 Å². The Morgan fingerprint density at radius 2 is 1.69 bits per heavy atom. The fourth-order valence-electron chi connectivity index (χ4n) is 2.19. The molecule has 0 radical (unpaired) electrons. The Hall–Kier alpha value is 0.00688. The fourth-order valence-corrected chi connectivity index (χ4v) is 5.49. The van der Waals surface area contributed by atoms with Crippen molar-refractivity contribution in [3.63, 3.8) is 0 Å². The molecule has 0 amide bonds. The van der Waals surface area contributed by atoms with Crippen LogP contribution in [0.1, 0.15) is 26.2 Å². The molecule has 1 aliphatic heterocycles. The highest BCUT2D eigenvalue weighted by Gasteiger charge is 2.60. The van der Waals surface area contributed by atoms with E-state index in [1.54, 1.807) is 0 Å². The van der Waals surface area contributed by atoms with Gasteiger partial charge in [0.1, 0.15) is 0 Å². The van der Waals surface area contributed by atoms with Crippen LogP contribution in [0.15, 0.2) is 0 Å². The zero-order valence-corrected chi connectivity index (χ0v) is 9.46. The van der Waals surface area contributed by atoms with E-state index in [2.05, 4.69) is 0 Å². The first-order chi connectivity index (χ1) is 5.71. The van der Waals surface area contributed by atoms with Crippen molar-refractivity contribution in [3.05, 3.63) is 0 Å². The molecule has 0 saturated carbocycles. The number of rotatable bonds is 0. The maximum atomic E-state index is 12.9. The highest BCUT2D eigenvalue weighted by molar-refractivity contribution is 6.80. The molecule has 0 aromatic rings. The molecule has 1 atom stereocenters. The van der Waals surface area contributed by atoms with Gasteiger partial charge >= 0.3 is 6.18 Å². The maximum Gasteiger partial charge on any atom is 0.391 e. The average molecular weight is 210 g/mol. The third-order valence-corrected chi connectivity index (χ3v) is 8.97. The topological polar surface area (TPSA) is 0 Å². The standard InChI is InChI=1S/C9H17F3Si/c1-8(9(10,11)12)6-4-5-7-13(8,2)3/h4-7H2,1-3H3. The van der Waals surface area contributed by atoms with Gasteiger partial charge in [-0.25, -0.2) is 0 Å². The predicted octanol–water partition coefficient (Wildman–Crippen LogP) is 4.20. The first-order valence-corrected chi connectivity index (χ1v) is 7.98. The van der Waals surface area contributed by atoms with Gasteiger partial charge in [0.25, 0.3) is 0 Å². The monoisotopic (exact) mass is 210 g/mol. The molecular formula is C9H17F3Si. The molecule has 0 spiro atoms. The van der Waals surface area contributed by atoms with Crippen LogP contribution >= 0.6 is 0 Å². The van der Waals surface area contributed by atoms with E-state index in [-0.39, 0.29) is 0 Å². The van der Waals surface area contributed by atoms with E-state index in [0.29, 0.717) is 6.42 Å². The zero-order valence-electron chi connectivity index (χ0n) is 8.46. The summed E-state index contributed by atoms with van der Waals surface area (Å²) in [7, 11) is -2.10. The van der Waals surface area contributed by atoms with Crippen LogP contribution in [0.5, 0.6) is 0 Å². The van der Waals surface area contributed by atoms with Crippen molar-refractivity contribution in [1.82, 2.24) is 0 Å². The summed E-state index contributed by atoms with van der Waals surface area (Å²) < 4.78 is 38.6. The lowest BCUT2D eigenvalue weighted by Crippen LogP contribution is -2.51. The van der Waals surface area contributed by atoms with Crippen LogP contribution in [0, 0.1) is 0 Å². The second-order valence-corrected chi connectivity index (χ2v) is 10.3. The molecule has 1 fully saturated rings. The summed E-state index contributed by atoms with van der Waals surface area (Å²) in [5.74, 6) is 0. The molecule has 0 nitrogen and oxygen atoms in total. The third-order valence-electron chi connectivity index (χ3n) is 3.85. The summed E-state index contributed by atoms with van der Waals surface area (Å²) in [5.41, 5.74) is 0. The van der Waals surface area contributed by atoms with E-state index < -0.39 is 19.3 Å². The Kier molecular flexibility index (Phi) is 2.56. The number of halogens is 3. The molecule has 1 heterocycles. The lowest BCUT2D eigenvalue weighted by atomic mass is 10.0. The number of alkyl halides is 3. The van der Waals surface area contributed by atoms with E-state index in [0.717, 1.165) is 18.9 Å². The molecule has 13 heavy (non-hydrogen) atoms. The molecule has 4 heteroatoms. The normalized spacial score (nSPS) is 34.6. The van der Waals surface area contributed by atoms with Gasteiger partial charge in [-0.05, 0) is 6.42 Å². The second kappa shape index (κ2) is 3.00. The van der Waals surface area contributed by atoms with E-state index in [1.807, 2.05) is 13.1 Å². The van der Waals surface area contributed by atoms with Crippen molar-refractivity contribution in [2.45, 2.75) is 56.5 Å². The summed E-state index contributed by atoms with van der Waals surface area (Å²) in [6.45, 7) is 5.18. The molecule has 78 valence electrons. The van der Waals surface area contributed by atoms with Gasteiger partial charge in [0, 0.05) is 0 Å². The van der Waals surface area contributed by atoms with Gasteiger partial charge in [0.2, 0.25) is 0 Å². The maximum absolute atomic E-state index is 12.9. The van der Waals surface area contributed by atoms with Crippen LogP contribution in [0.25, 0.3) is 0 Å². The van der Waals surface area contributed by atoms with Crippen LogP contribution in [0.4, 0.5) is 13.2 Å². The van der Waals surface area contributed by atoms with Crippen LogP contribution in [0.2, 0.25) is 24.2 Å². The molecule has 0 bridgehead atoms. The van der Waals surface area contributed by atoms with E-state index in [1.165, 1.54) is 6.92 Å². The molecule has 0 aromatic heterocycles. The summed E-state index contributed by atoms with van der Waals surface area (Å²) in [4.78, 5) is 0. The molecule has 0 aliphatic carbocycles. The molecule has 0 N–H and O–H groups in total. The van der Waals surface area contributed by atoms with Crippen molar-refractivity contribution in [3.8, 4) is 0 Å². The van der Waals surface area contributed by atoms with Gasteiger partial charge in [-0.2, -0.15) is 13.2 Å². The Labute approximate surface area is 78.5 Å². The number of hydrogen-bond acceptors (Lipinski definition) is 0. The van der Waals surface area contributed by atoms with Gasteiger partial charge in [0.15, 0.2) is 0 Å². The Balaban J connectivity index is 2.98. The minimum atomic E-state index is -4.00. The first kappa shape index (κ1) is 11.1. The minimum Gasteiger partial charge on any atom is -0.171 e. The summed E-state index contributed by atoms with van der Waals surface area (Å²) in [6, 6.07) is 0.822. The van der Waals surface area contributed by atoms with Gasteiger partial charge < -0.3 is 0 Å². The number of hydrogen-bond donors (Lipinski definition) is 0. The molecular weight excluding hydrogens is 193 g/mol. The average Bonchev–Trinajstić information content (AvgIpc) is 1.93. The summed E-state index contributed by atoms with van der Waals surface area (Å²) >= 11 is 0. The van der Waals surface area contributed by atoms with Crippen molar-refractivity contribution < 1.29 is 13.2 Å². The lowest BCUT2D eigenvalue weighted by molar-refractivity contribution is -0.167. The van der Waals surface area contributed by atoms with Crippen LogP contribution in [-0.4, -0.2) is 14.3 Å². The van der Waals surface area contributed by atoms with Gasteiger partial charge in [-0.1, -0.05) is 38.9 Å². The van der Waals surface area contributed by atoms with Crippen molar-refractivity contribution in [2.75, 3.05) is 0 Å². The lowest BCUT2D eigenvalue weighted by Gasteiger charge is -2.47. The molecule has 0 aromatic carbocycles. The second-order valence-electron chi connectivity index (χ2n) is 4.92. The fraction of sp³-hybridized carbons (Fsp3) is 1.00. The van der Waals surface area contributed by atoms with E-state index in [4.69, 9.17) is 0 Å². The Morgan fingerprint density at radius 3 is 2.00 bits per heavy atom. The van der Waals surface area contributed by atoms with Crippen LogP contribution < -0.4 is 0 Å². The largest absolute Gasteiger partial charge is 0.391 e. The Morgan fingerprint density at radius 1 is 1.15 bits per heavy atom. The molecule has 1 rings (SSSR count). The highest BCUT2D eigenvalue weighted by atomic mass is 28.3. The van der Waals surface area contributed by atoms with E-state index >= 15 is 0 Å². The Bertz CT molecular complexity index is 198. The minimum absolute atomic E-state index is 0.343. The summed E-state index contributed by atoms with van der Waals surface area (Å²) in [6.07, 6.45) is -1.92. The van der Waals surface area contributed by atoms with E-state index in [9.17, 15) is 13.2 Å². The van der Waals surface area contributed by atoms with Crippen molar-refractivity contribution in [1.29, 1.82) is 0 Å². The zero-order chi connectivity index (χ0) is 10.3. The predicted molar refractivity (Wildman–Crippen MR) is 50.6 cm³/mol. The van der Waals surface area contributed by atoms with Crippen molar-refractivity contribution >= 4 is 8.07 Å². The summed E-state index contributed by atoms with van der Waals surface area (Å²) in [5, 5.41) is -1.35. The molecule has 1 aliphatic rings. The first-order valence-electron chi connectivity index (χ1n) is 4.77. The van der Waals surface area contributed by atoms with Gasteiger partial charge in [0.05, 0.1) is 13.1 Å². The van der Waals surface area contributed by atoms with Crippen LogP contribution in [-0.2, 0) is 0 Å². The van der Waals surface area contributed by atoms with Crippen molar-refractivity contribution in [2.24, 2.45) is 0 Å². The molecule has 1 saturated heterocycles. The van der Waals surface area contributed by atoms with Crippen LogP contribution in [0.3, 0.4) is 0 Å². The van der Waals surface area contributed by atoms with Gasteiger partial charge in [-0.15, -0.1) is 0 Å². The third kappa shape index (κ3) is 1.65.